The summed E-state index contributed by atoms with van der Waals surface area (Å²) < 4.78 is 29.3. The first-order valence-corrected chi connectivity index (χ1v) is 9.53. The number of Topliss-reactive ketones (excluding diaryl/α,β-unsaturated/α-hetero) is 1. The molecule has 1 aromatic rings. The quantitative estimate of drug-likeness (QED) is 0.855. The van der Waals surface area contributed by atoms with E-state index < -0.39 is 9.84 Å². The molecule has 1 aliphatic heterocycles. The van der Waals surface area contributed by atoms with Gasteiger partial charge in [0.15, 0.2) is 21.5 Å². The van der Waals surface area contributed by atoms with Crippen molar-refractivity contribution in [1.29, 1.82) is 0 Å². The molecule has 21 heavy (non-hydrogen) atoms. The Morgan fingerprint density at radius 1 is 1.29 bits per heavy atom. The molecule has 0 spiro atoms. The molecule has 1 saturated heterocycles. The molecule has 0 saturated carbocycles. The Hall–Kier alpha value is -1.17. The Bertz CT molecular complexity index is 647. The summed E-state index contributed by atoms with van der Waals surface area (Å²) in [6, 6.07) is 0. The van der Waals surface area contributed by atoms with Gasteiger partial charge in [0, 0.05) is 19.3 Å². The highest BCUT2D eigenvalue weighted by Crippen LogP contribution is 2.35. The molecular formula is C15H21NO4S. The summed E-state index contributed by atoms with van der Waals surface area (Å²) in [5, 5.41) is 0. The van der Waals surface area contributed by atoms with Crippen LogP contribution in [0.25, 0.3) is 0 Å². The molecule has 0 bridgehead atoms. The van der Waals surface area contributed by atoms with Crippen molar-refractivity contribution in [2.75, 3.05) is 11.5 Å². The molecule has 2 atom stereocenters. The van der Waals surface area contributed by atoms with E-state index in [2.05, 4.69) is 4.98 Å². The predicted molar refractivity (Wildman–Crippen MR) is 78.0 cm³/mol. The normalized spacial score (nSPS) is 28.3. The summed E-state index contributed by atoms with van der Waals surface area (Å²) in [6.07, 6.45) is 4.33. The summed E-state index contributed by atoms with van der Waals surface area (Å²) in [7, 11) is -2.94. The smallest absolute Gasteiger partial charge is 0.195 e. The lowest BCUT2D eigenvalue weighted by molar-refractivity contribution is 0.0916. The number of fused-ring (bicyclic) bond motifs is 1. The van der Waals surface area contributed by atoms with Crippen LogP contribution in [0.5, 0.6) is 0 Å². The summed E-state index contributed by atoms with van der Waals surface area (Å²) >= 11 is 0. The molecule has 6 heteroatoms. The number of oxazole rings is 1. The Morgan fingerprint density at radius 3 is 2.81 bits per heavy atom. The van der Waals surface area contributed by atoms with Crippen LogP contribution < -0.4 is 0 Å². The number of sulfone groups is 1. The van der Waals surface area contributed by atoms with Crippen LogP contribution in [0.2, 0.25) is 0 Å². The maximum absolute atomic E-state index is 12.2. The van der Waals surface area contributed by atoms with Crippen LogP contribution in [0.15, 0.2) is 4.42 Å². The SMILES string of the molecule is CCCc1nc2c(o1)CC(C1CCCS(=O)(=O)C1)CC2=O. The fraction of sp³-hybridized carbons (Fsp3) is 0.733. The minimum Gasteiger partial charge on any atom is -0.445 e. The topological polar surface area (TPSA) is 77.2 Å². The number of aromatic nitrogens is 1. The monoisotopic (exact) mass is 311 g/mol. The maximum Gasteiger partial charge on any atom is 0.195 e. The molecule has 116 valence electrons. The third-order valence-corrected chi connectivity index (χ3v) is 6.38. The van der Waals surface area contributed by atoms with Crippen molar-refractivity contribution in [2.45, 2.75) is 45.4 Å². The van der Waals surface area contributed by atoms with Crippen molar-refractivity contribution < 1.29 is 17.6 Å². The van der Waals surface area contributed by atoms with E-state index in [0.29, 0.717) is 42.4 Å². The zero-order valence-corrected chi connectivity index (χ0v) is 13.1. The van der Waals surface area contributed by atoms with E-state index in [9.17, 15) is 13.2 Å². The number of aryl methyl sites for hydroxylation is 1. The molecule has 1 aromatic heterocycles. The van der Waals surface area contributed by atoms with Crippen molar-refractivity contribution >= 4 is 15.6 Å². The van der Waals surface area contributed by atoms with Gasteiger partial charge in [-0.15, -0.1) is 0 Å². The van der Waals surface area contributed by atoms with E-state index in [1.54, 1.807) is 0 Å². The third kappa shape index (κ3) is 3.05. The van der Waals surface area contributed by atoms with Crippen LogP contribution in [0.3, 0.4) is 0 Å². The van der Waals surface area contributed by atoms with Crippen molar-refractivity contribution in [3.63, 3.8) is 0 Å². The second kappa shape index (κ2) is 5.55. The van der Waals surface area contributed by atoms with Crippen LogP contribution in [0.1, 0.15) is 54.7 Å². The van der Waals surface area contributed by atoms with E-state index >= 15 is 0 Å². The fourth-order valence-electron chi connectivity index (χ4n) is 3.49. The Balaban J connectivity index is 1.79. The van der Waals surface area contributed by atoms with Crippen molar-refractivity contribution in [1.82, 2.24) is 4.98 Å². The van der Waals surface area contributed by atoms with Crippen molar-refractivity contribution in [3.05, 3.63) is 17.3 Å². The molecule has 3 rings (SSSR count). The number of hydrogen-bond donors (Lipinski definition) is 0. The first-order valence-electron chi connectivity index (χ1n) is 7.70. The first-order chi connectivity index (χ1) is 9.98. The summed E-state index contributed by atoms with van der Waals surface area (Å²) in [6.45, 7) is 2.04. The lowest BCUT2D eigenvalue weighted by Gasteiger charge is -2.31. The molecule has 2 unspecified atom stereocenters. The van der Waals surface area contributed by atoms with Gasteiger partial charge in [0.05, 0.1) is 11.5 Å². The van der Waals surface area contributed by atoms with E-state index in [1.165, 1.54) is 0 Å². The van der Waals surface area contributed by atoms with Gasteiger partial charge in [0.2, 0.25) is 0 Å². The van der Waals surface area contributed by atoms with Crippen LogP contribution in [-0.4, -0.2) is 30.7 Å². The summed E-state index contributed by atoms with van der Waals surface area (Å²) in [5.41, 5.74) is 0.480. The molecular weight excluding hydrogens is 290 g/mol. The van der Waals surface area contributed by atoms with Gasteiger partial charge < -0.3 is 4.42 Å². The average molecular weight is 311 g/mol. The van der Waals surface area contributed by atoms with Gasteiger partial charge in [-0.05, 0) is 31.1 Å². The Morgan fingerprint density at radius 2 is 2.10 bits per heavy atom. The highest BCUT2D eigenvalue weighted by molar-refractivity contribution is 7.91. The van der Waals surface area contributed by atoms with Crippen molar-refractivity contribution in [2.24, 2.45) is 11.8 Å². The molecule has 5 nitrogen and oxygen atoms in total. The van der Waals surface area contributed by atoms with Gasteiger partial charge >= 0.3 is 0 Å². The second-order valence-corrected chi connectivity index (χ2v) is 8.47. The van der Waals surface area contributed by atoms with Gasteiger partial charge in [-0.3, -0.25) is 4.79 Å². The number of ketones is 1. The number of hydrogen-bond acceptors (Lipinski definition) is 5. The Labute approximate surface area is 125 Å². The number of carbonyl (C=O) groups excluding carboxylic acids is 1. The lowest BCUT2D eigenvalue weighted by Crippen LogP contribution is -2.34. The van der Waals surface area contributed by atoms with Crippen LogP contribution in [-0.2, 0) is 22.7 Å². The van der Waals surface area contributed by atoms with Gasteiger partial charge in [-0.1, -0.05) is 6.92 Å². The highest BCUT2D eigenvalue weighted by atomic mass is 32.2. The van der Waals surface area contributed by atoms with E-state index in [1.807, 2.05) is 6.92 Å². The highest BCUT2D eigenvalue weighted by Gasteiger charge is 2.37. The molecule has 0 radical (unpaired) electrons. The Kier molecular flexibility index (Phi) is 3.90. The predicted octanol–water partition coefficient (Wildman–Crippen LogP) is 2.20. The number of carbonyl (C=O) groups is 1. The van der Waals surface area contributed by atoms with Gasteiger partial charge in [-0.2, -0.15) is 0 Å². The van der Waals surface area contributed by atoms with Crippen LogP contribution >= 0.6 is 0 Å². The summed E-state index contributed by atoms with van der Waals surface area (Å²) in [5.74, 6) is 1.99. The molecule has 0 N–H and O–H groups in total. The maximum atomic E-state index is 12.2. The molecule has 2 heterocycles. The zero-order valence-electron chi connectivity index (χ0n) is 12.3. The standard InChI is InChI=1S/C15H21NO4S/c1-2-4-14-16-15-12(17)7-11(8-13(15)20-14)10-5-3-6-21(18,19)9-10/h10-11H,2-9H2,1H3. The first kappa shape index (κ1) is 14.8. The summed E-state index contributed by atoms with van der Waals surface area (Å²) in [4.78, 5) is 16.5. The molecule has 1 fully saturated rings. The third-order valence-electron chi connectivity index (χ3n) is 4.53. The van der Waals surface area contributed by atoms with Crippen LogP contribution in [0.4, 0.5) is 0 Å². The van der Waals surface area contributed by atoms with Crippen molar-refractivity contribution in [3.8, 4) is 0 Å². The number of nitrogens with zero attached hydrogens (tertiary/aromatic N) is 1. The second-order valence-electron chi connectivity index (χ2n) is 6.24. The molecule has 2 aliphatic rings. The van der Waals surface area contributed by atoms with E-state index in [-0.39, 0.29) is 23.4 Å². The van der Waals surface area contributed by atoms with Crippen LogP contribution in [0, 0.1) is 11.8 Å². The minimum atomic E-state index is -2.94. The van der Waals surface area contributed by atoms with Gasteiger partial charge in [0.1, 0.15) is 11.5 Å². The van der Waals surface area contributed by atoms with Gasteiger partial charge in [0.25, 0.3) is 0 Å². The molecule has 0 aromatic carbocycles. The van der Waals surface area contributed by atoms with E-state index in [4.69, 9.17) is 4.42 Å². The lowest BCUT2D eigenvalue weighted by atomic mass is 9.79. The minimum absolute atomic E-state index is 0.00956. The fourth-order valence-corrected chi connectivity index (χ4v) is 5.35. The molecule has 1 aliphatic carbocycles. The number of rotatable bonds is 3. The largest absolute Gasteiger partial charge is 0.445 e. The average Bonchev–Trinajstić information content (AvgIpc) is 2.81. The van der Waals surface area contributed by atoms with Gasteiger partial charge in [-0.25, -0.2) is 13.4 Å². The zero-order chi connectivity index (χ0) is 15.0. The molecule has 0 amide bonds. The van der Waals surface area contributed by atoms with E-state index in [0.717, 1.165) is 19.3 Å².